The van der Waals surface area contributed by atoms with Crippen molar-refractivity contribution in [1.29, 1.82) is 0 Å². The summed E-state index contributed by atoms with van der Waals surface area (Å²) in [5.41, 5.74) is 3.51. The molecule has 4 aromatic rings. The first-order chi connectivity index (χ1) is 15.2. The highest BCUT2D eigenvalue weighted by Gasteiger charge is 2.30. The summed E-state index contributed by atoms with van der Waals surface area (Å²) in [6.07, 6.45) is 2.39. The number of aromatic nitrogens is 5. The smallest absolute Gasteiger partial charge is 0.237 e. The van der Waals surface area contributed by atoms with Crippen molar-refractivity contribution in [3.05, 3.63) is 77.4 Å². The van der Waals surface area contributed by atoms with E-state index >= 15 is 0 Å². The molecule has 2 heterocycles. The molecule has 0 bridgehead atoms. The van der Waals surface area contributed by atoms with Crippen molar-refractivity contribution in [2.75, 3.05) is 0 Å². The summed E-state index contributed by atoms with van der Waals surface area (Å²) >= 11 is 1.59. The monoisotopic (exact) mass is 431 g/mol. The van der Waals surface area contributed by atoms with E-state index in [2.05, 4.69) is 87.3 Å². The van der Waals surface area contributed by atoms with E-state index < -0.39 is 0 Å². The third kappa shape index (κ3) is 4.56. The minimum atomic E-state index is 0.500. The minimum Gasteiger partial charge on any atom is -0.338 e. The standard InChI is InChI=1S/C24H25N5OS/c1-16(2)18-8-10-19(11-9-18)22-25-21(30-28-22)15-31-24-27-26-23(20-12-13-20)29(24)14-17-6-4-3-5-7-17/h3-11,16,20H,12-15H2,1-2H3. The summed E-state index contributed by atoms with van der Waals surface area (Å²) < 4.78 is 7.74. The number of hydrogen-bond acceptors (Lipinski definition) is 6. The molecule has 1 aliphatic carbocycles. The molecule has 0 N–H and O–H groups in total. The molecule has 2 aromatic heterocycles. The van der Waals surface area contributed by atoms with E-state index in [0.29, 0.717) is 29.3 Å². The largest absolute Gasteiger partial charge is 0.338 e. The Morgan fingerprint density at radius 1 is 1.03 bits per heavy atom. The van der Waals surface area contributed by atoms with Gasteiger partial charge in [0.2, 0.25) is 11.7 Å². The van der Waals surface area contributed by atoms with Crippen LogP contribution in [0.25, 0.3) is 11.4 Å². The van der Waals surface area contributed by atoms with Crippen LogP contribution in [0.15, 0.2) is 64.3 Å². The zero-order chi connectivity index (χ0) is 21.2. The maximum atomic E-state index is 5.50. The van der Waals surface area contributed by atoms with E-state index in [9.17, 15) is 0 Å². The van der Waals surface area contributed by atoms with Crippen LogP contribution in [-0.4, -0.2) is 24.9 Å². The first-order valence-electron chi connectivity index (χ1n) is 10.7. The fourth-order valence-electron chi connectivity index (χ4n) is 3.54. The zero-order valence-corrected chi connectivity index (χ0v) is 18.5. The second-order valence-corrected chi connectivity index (χ2v) is 9.21. The average molecular weight is 432 g/mol. The van der Waals surface area contributed by atoms with E-state index in [0.717, 1.165) is 23.1 Å². The molecule has 1 saturated carbocycles. The van der Waals surface area contributed by atoms with Crippen molar-refractivity contribution in [1.82, 2.24) is 24.9 Å². The molecule has 0 unspecified atom stereocenters. The Hall–Kier alpha value is -2.93. The Labute approximate surface area is 186 Å². The summed E-state index contributed by atoms with van der Waals surface area (Å²) in [6, 6.07) is 18.8. The molecular weight excluding hydrogens is 406 g/mol. The lowest BCUT2D eigenvalue weighted by Gasteiger charge is -2.09. The maximum absolute atomic E-state index is 5.50. The van der Waals surface area contributed by atoms with Gasteiger partial charge in [-0.15, -0.1) is 10.2 Å². The van der Waals surface area contributed by atoms with Crippen LogP contribution >= 0.6 is 11.8 Å². The second-order valence-electron chi connectivity index (χ2n) is 8.26. The number of nitrogens with zero attached hydrogens (tertiary/aromatic N) is 5. The number of rotatable bonds is 8. The zero-order valence-electron chi connectivity index (χ0n) is 17.7. The fraction of sp³-hybridized carbons (Fsp3) is 0.333. The Balaban J connectivity index is 1.30. The van der Waals surface area contributed by atoms with Gasteiger partial charge in [-0.1, -0.05) is 85.4 Å². The fourth-order valence-corrected chi connectivity index (χ4v) is 4.32. The van der Waals surface area contributed by atoms with Gasteiger partial charge in [-0.2, -0.15) is 4.98 Å². The molecule has 158 valence electrons. The predicted molar refractivity (Wildman–Crippen MR) is 121 cm³/mol. The molecule has 0 saturated heterocycles. The van der Waals surface area contributed by atoms with Gasteiger partial charge in [-0.25, -0.2) is 0 Å². The third-order valence-corrected chi connectivity index (χ3v) is 6.45. The molecular formula is C24H25N5OS. The quantitative estimate of drug-likeness (QED) is 0.335. The maximum Gasteiger partial charge on any atom is 0.237 e. The SMILES string of the molecule is CC(C)c1ccc(-c2noc(CSc3nnc(C4CC4)n3Cc3ccccc3)n2)cc1. The van der Waals surface area contributed by atoms with Crippen molar-refractivity contribution in [2.24, 2.45) is 0 Å². The van der Waals surface area contributed by atoms with E-state index in [1.54, 1.807) is 11.8 Å². The van der Waals surface area contributed by atoms with E-state index in [-0.39, 0.29) is 0 Å². The molecule has 31 heavy (non-hydrogen) atoms. The molecule has 0 radical (unpaired) electrons. The highest BCUT2D eigenvalue weighted by Crippen LogP contribution is 2.40. The highest BCUT2D eigenvalue weighted by atomic mass is 32.2. The van der Waals surface area contributed by atoms with Crippen molar-refractivity contribution in [3.63, 3.8) is 0 Å². The molecule has 0 spiro atoms. The first kappa shape index (κ1) is 20.0. The van der Waals surface area contributed by atoms with Gasteiger partial charge in [0, 0.05) is 11.5 Å². The Morgan fingerprint density at radius 2 is 1.81 bits per heavy atom. The van der Waals surface area contributed by atoms with Gasteiger partial charge < -0.3 is 9.09 Å². The molecule has 0 amide bonds. The van der Waals surface area contributed by atoms with Gasteiger partial charge in [0.1, 0.15) is 5.82 Å². The highest BCUT2D eigenvalue weighted by molar-refractivity contribution is 7.98. The van der Waals surface area contributed by atoms with Gasteiger partial charge in [0.05, 0.1) is 12.3 Å². The molecule has 6 nitrogen and oxygen atoms in total. The number of benzene rings is 2. The lowest BCUT2D eigenvalue weighted by molar-refractivity contribution is 0.391. The van der Waals surface area contributed by atoms with Crippen molar-refractivity contribution in [3.8, 4) is 11.4 Å². The van der Waals surface area contributed by atoms with Gasteiger partial charge in [0.25, 0.3) is 0 Å². The van der Waals surface area contributed by atoms with Crippen LogP contribution < -0.4 is 0 Å². The summed E-state index contributed by atoms with van der Waals surface area (Å²) in [7, 11) is 0. The normalized spacial score (nSPS) is 13.8. The van der Waals surface area contributed by atoms with Crippen LogP contribution in [-0.2, 0) is 12.3 Å². The molecule has 0 atom stereocenters. The molecule has 2 aromatic carbocycles. The van der Waals surface area contributed by atoms with Gasteiger partial charge >= 0.3 is 0 Å². The summed E-state index contributed by atoms with van der Waals surface area (Å²) in [5.74, 6) is 3.90. The average Bonchev–Trinajstić information content (AvgIpc) is 3.39. The van der Waals surface area contributed by atoms with Crippen molar-refractivity contribution < 1.29 is 4.52 Å². The Kier molecular flexibility index (Phi) is 5.59. The van der Waals surface area contributed by atoms with E-state index in [4.69, 9.17) is 4.52 Å². The van der Waals surface area contributed by atoms with Crippen LogP contribution in [0.1, 0.15) is 61.4 Å². The van der Waals surface area contributed by atoms with Gasteiger partial charge in [-0.3, -0.25) is 0 Å². The molecule has 0 aliphatic heterocycles. The topological polar surface area (TPSA) is 69.6 Å². The van der Waals surface area contributed by atoms with Crippen LogP contribution in [0.4, 0.5) is 0 Å². The first-order valence-corrected chi connectivity index (χ1v) is 11.7. The van der Waals surface area contributed by atoms with Crippen molar-refractivity contribution in [2.45, 2.75) is 56.0 Å². The third-order valence-electron chi connectivity index (χ3n) is 5.50. The summed E-state index contributed by atoms with van der Waals surface area (Å²) in [4.78, 5) is 4.58. The molecule has 5 rings (SSSR count). The minimum absolute atomic E-state index is 0.500. The van der Waals surface area contributed by atoms with E-state index in [1.165, 1.54) is 24.0 Å². The lowest BCUT2D eigenvalue weighted by Crippen LogP contribution is -2.06. The van der Waals surface area contributed by atoms with Gasteiger partial charge in [-0.05, 0) is 29.9 Å². The molecule has 1 aliphatic rings. The number of thioether (sulfide) groups is 1. The van der Waals surface area contributed by atoms with Crippen LogP contribution in [0.3, 0.4) is 0 Å². The van der Waals surface area contributed by atoms with Crippen LogP contribution in [0.2, 0.25) is 0 Å². The van der Waals surface area contributed by atoms with E-state index in [1.807, 2.05) is 6.07 Å². The van der Waals surface area contributed by atoms with Crippen LogP contribution in [0, 0.1) is 0 Å². The van der Waals surface area contributed by atoms with Crippen LogP contribution in [0.5, 0.6) is 0 Å². The Bertz CT molecular complexity index is 1150. The van der Waals surface area contributed by atoms with Gasteiger partial charge in [0.15, 0.2) is 5.16 Å². The summed E-state index contributed by atoms with van der Waals surface area (Å²) in [6.45, 7) is 5.15. The summed E-state index contributed by atoms with van der Waals surface area (Å²) in [5, 5.41) is 14.0. The second kappa shape index (κ2) is 8.67. The Morgan fingerprint density at radius 3 is 2.52 bits per heavy atom. The molecule has 7 heteroatoms. The molecule has 1 fully saturated rings. The predicted octanol–water partition coefficient (Wildman–Crippen LogP) is 5.67. The number of hydrogen-bond donors (Lipinski definition) is 0. The lowest BCUT2D eigenvalue weighted by atomic mass is 10.0. The van der Waals surface area contributed by atoms with Crippen molar-refractivity contribution >= 4 is 11.8 Å².